The second-order valence-electron chi connectivity index (χ2n) is 6.84. The third kappa shape index (κ3) is 4.09. The first kappa shape index (κ1) is 19.3. The molecule has 0 saturated carbocycles. The van der Waals surface area contributed by atoms with E-state index in [1.54, 1.807) is 42.8 Å². The maximum atomic E-state index is 12.4. The molecule has 0 fully saturated rings. The second kappa shape index (κ2) is 7.64. The van der Waals surface area contributed by atoms with Crippen LogP contribution in [0.5, 0.6) is 5.75 Å². The van der Waals surface area contributed by atoms with Crippen LogP contribution in [0, 0.1) is 37.8 Å². The predicted octanol–water partition coefficient (Wildman–Crippen LogP) is 4.29. The highest BCUT2D eigenvalue weighted by Gasteiger charge is 2.21. The van der Waals surface area contributed by atoms with Crippen molar-refractivity contribution in [3.63, 3.8) is 0 Å². The van der Waals surface area contributed by atoms with Gasteiger partial charge in [-0.15, -0.1) is 0 Å². The van der Waals surface area contributed by atoms with Gasteiger partial charge >= 0.3 is 11.7 Å². The van der Waals surface area contributed by atoms with Crippen LogP contribution in [0.1, 0.15) is 38.4 Å². The van der Waals surface area contributed by atoms with E-state index in [-0.39, 0.29) is 5.69 Å². The van der Waals surface area contributed by atoms with Crippen LogP contribution in [0.25, 0.3) is 0 Å². The summed E-state index contributed by atoms with van der Waals surface area (Å²) < 4.78 is 7.05. The van der Waals surface area contributed by atoms with E-state index in [2.05, 4.69) is 5.10 Å². The number of hydrogen-bond donors (Lipinski definition) is 0. The lowest BCUT2D eigenvalue weighted by Crippen LogP contribution is -2.09. The van der Waals surface area contributed by atoms with Crippen LogP contribution in [0.15, 0.2) is 42.5 Å². The summed E-state index contributed by atoms with van der Waals surface area (Å²) >= 11 is 0. The minimum Gasteiger partial charge on any atom is -0.423 e. The van der Waals surface area contributed by atoms with Gasteiger partial charge in [0.05, 0.1) is 17.0 Å². The molecule has 0 amide bonds. The van der Waals surface area contributed by atoms with Gasteiger partial charge in [0.1, 0.15) is 17.1 Å². The van der Waals surface area contributed by atoms with Gasteiger partial charge in [0.2, 0.25) is 0 Å². The fourth-order valence-corrected chi connectivity index (χ4v) is 3.18. The number of hydrogen-bond acceptors (Lipinski definition) is 5. The Morgan fingerprint density at radius 1 is 1.07 bits per heavy atom. The quantitative estimate of drug-likeness (QED) is 0.286. The summed E-state index contributed by atoms with van der Waals surface area (Å²) in [5.74, 6) is 0.0832. The van der Waals surface area contributed by atoms with E-state index in [1.165, 1.54) is 0 Å². The molecular formula is C21H21N3O4. The van der Waals surface area contributed by atoms with Gasteiger partial charge in [-0.25, -0.2) is 4.79 Å². The summed E-state index contributed by atoms with van der Waals surface area (Å²) in [6.07, 6.45) is 0. The van der Waals surface area contributed by atoms with E-state index in [1.807, 2.05) is 32.0 Å². The summed E-state index contributed by atoms with van der Waals surface area (Å²) in [5.41, 5.74) is 4.28. The van der Waals surface area contributed by atoms with Gasteiger partial charge in [0.25, 0.3) is 0 Å². The van der Waals surface area contributed by atoms with E-state index in [0.29, 0.717) is 29.2 Å². The fourth-order valence-electron chi connectivity index (χ4n) is 3.18. The standard InChI is InChI=1S/C21H21N3O4/c1-13-9-14(2)11-19(10-13)28-21(25)18-7-5-17(6-8-18)12-23-16(4)20(24(26)27)15(3)22-23/h5-11H,12H2,1-4H3. The van der Waals surface area contributed by atoms with Crippen molar-refractivity contribution in [1.29, 1.82) is 0 Å². The van der Waals surface area contributed by atoms with E-state index >= 15 is 0 Å². The van der Waals surface area contributed by atoms with Crippen molar-refractivity contribution in [2.45, 2.75) is 34.2 Å². The summed E-state index contributed by atoms with van der Waals surface area (Å²) in [7, 11) is 0. The Hall–Kier alpha value is -3.48. The molecule has 1 heterocycles. The smallest absolute Gasteiger partial charge is 0.343 e. The van der Waals surface area contributed by atoms with Crippen molar-refractivity contribution < 1.29 is 14.5 Å². The van der Waals surface area contributed by atoms with Gasteiger partial charge in [-0.1, -0.05) is 18.2 Å². The van der Waals surface area contributed by atoms with Gasteiger partial charge in [0, 0.05) is 0 Å². The highest BCUT2D eigenvalue weighted by Crippen LogP contribution is 2.23. The average molecular weight is 379 g/mol. The molecule has 0 saturated heterocycles. The Labute approximate surface area is 162 Å². The molecule has 3 aromatic rings. The Morgan fingerprint density at radius 2 is 1.68 bits per heavy atom. The molecule has 144 valence electrons. The van der Waals surface area contributed by atoms with Crippen LogP contribution in [0.3, 0.4) is 0 Å². The zero-order chi connectivity index (χ0) is 20.4. The molecule has 0 spiro atoms. The van der Waals surface area contributed by atoms with Gasteiger partial charge in [0.15, 0.2) is 0 Å². The molecule has 0 atom stereocenters. The SMILES string of the molecule is Cc1cc(C)cc(OC(=O)c2ccc(Cn3nc(C)c([N+](=O)[O-])c3C)cc2)c1. The molecule has 3 rings (SSSR count). The molecule has 0 radical (unpaired) electrons. The predicted molar refractivity (Wildman–Crippen MR) is 105 cm³/mol. The monoisotopic (exact) mass is 379 g/mol. The molecule has 2 aromatic carbocycles. The molecule has 0 aliphatic carbocycles. The molecule has 28 heavy (non-hydrogen) atoms. The lowest BCUT2D eigenvalue weighted by atomic mass is 10.1. The summed E-state index contributed by atoms with van der Waals surface area (Å²) in [4.78, 5) is 23.1. The normalized spacial score (nSPS) is 10.7. The van der Waals surface area contributed by atoms with Crippen molar-refractivity contribution in [2.75, 3.05) is 0 Å². The van der Waals surface area contributed by atoms with Crippen molar-refractivity contribution in [3.8, 4) is 5.75 Å². The highest BCUT2D eigenvalue weighted by atomic mass is 16.6. The number of rotatable bonds is 5. The molecule has 0 aliphatic rings. The number of esters is 1. The topological polar surface area (TPSA) is 87.3 Å². The van der Waals surface area contributed by atoms with Crippen molar-refractivity contribution in [2.24, 2.45) is 0 Å². The van der Waals surface area contributed by atoms with E-state index in [9.17, 15) is 14.9 Å². The third-order valence-corrected chi connectivity index (χ3v) is 4.45. The molecular weight excluding hydrogens is 358 g/mol. The van der Waals surface area contributed by atoms with Gasteiger partial charge in [-0.2, -0.15) is 5.10 Å². The number of benzene rings is 2. The van der Waals surface area contributed by atoms with Crippen LogP contribution in [0.2, 0.25) is 0 Å². The van der Waals surface area contributed by atoms with Crippen LogP contribution >= 0.6 is 0 Å². The lowest BCUT2D eigenvalue weighted by Gasteiger charge is -2.08. The molecule has 1 aromatic heterocycles. The van der Waals surface area contributed by atoms with Gasteiger partial charge in [-0.05, 0) is 68.7 Å². The minimum absolute atomic E-state index is 0.0358. The Balaban J connectivity index is 1.74. The number of ether oxygens (including phenoxy) is 1. The van der Waals surface area contributed by atoms with E-state index in [0.717, 1.165) is 16.7 Å². The van der Waals surface area contributed by atoms with Gasteiger partial charge < -0.3 is 4.74 Å². The zero-order valence-electron chi connectivity index (χ0n) is 16.2. The van der Waals surface area contributed by atoms with Crippen molar-refractivity contribution in [1.82, 2.24) is 9.78 Å². The number of aromatic nitrogens is 2. The lowest BCUT2D eigenvalue weighted by molar-refractivity contribution is -0.386. The largest absolute Gasteiger partial charge is 0.423 e. The molecule has 7 nitrogen and oxygen atoms in total. The van der Waals surface area contributed by atoms with Crippen molar-refractivity contribution in [3.05, 3.63) is 86.2 Å². The molecule has 0 N–H and O–H groups in total. The van der Waals surface area contributed by atoms with Crippen LogP contribution < -0.4 is 4.74 Å². The van der Waals surface area contributed by atoms with E-state index in [4.69, 9.17) is 4.74 Å². The first-order chi connectivity index (χ1) is 13.2. The first-order valence-corrected chi connectivity index (χ1v) is 8.82. The number of nitro groups is 1. The summed E-state index contributed by atoms with van der Waals surface area (Å²) in [6.45, 7) is 7.57. The minimum atomic E-state index is -0.432. The van der Waals surface area contributed by atoms with E-state index < -0.39 is 10.9 Å². The molecule has 0 unspecified atom stereocenters. The summed E-state index contributed by atoms with van der Waals surface area (Å²) in [6, 6.07) is 12.6. The maximum Gasteiger partial charge on any atom is 0.343 e. The van der Waals surface area contributed by atoms with Crippen LogP contribution in [-0.4, -0.2) is 20.7 Å². The first-order valence-electron chi connectivity index (χ1n) is 8.82. The fraction of sp³-hybridized carbons (Fsp3) is 0.238. The van der Waals surface area contributed by atoms with Gasteiger partial charge in [-0.3, -0.25) is 14.8 Å². The second-order valence-corrected chi connectivity index (χ2v) is 6.84. The summed E-state index contributed by atoms with van der Waals surface area (Å²) in [5, 5.41) is 15.4. The Morgan fingerprint density at radius 3 is 2.21 bits per heavy atom. The maximum absolute atomic E-state index is 12.4. The van der Waals surface area contributed by atoms with Crippen LogP contribution in [-0.2, 0) is 6.54 Å². The van der Waals surface area contributed by atoms with Crippen LogP contribution in [0.4, 0.5) is 5.69 Å². The number of aryl methyl sites for hydroxylation is 3. The highest BCUT2D eigenvalue weighted by molar-refractivity contribution is 5.91. The van der Waals surface area contributed by atoms with Crippen molar-refractivity contribution >= 4 is 11.7 Å². The zero-order valence-corrected chi connectivity index (χ0v) is 16.2. The third-order valence-electron chi connectivity index (χ3n) is 4.45. The molecule has 7 heteroatoms. The molecule has 0 bridgehead atoms. The number of carbonyl (C=O) groups is 1. The number of carbonyl (C=O) groups excluding carboxylic acids is 1. The average Bonchev–Trinajstić information content (AvgIpc) is 2.88. The molecule has 0 aliphatic heterocycles. The Kier molecular flexibility index (Phi) is 5.26. The Bertz CT molecular complexity index is 1030. The number of nitrogens with zero attached hydrogens (tertiary/aromatic N) is 3.